The minimum atomic E-state index is -0.921. The Kier molecular flexibility index (Phi) is 2.90. The van der Waals surface area contributed by atoms with Gasteiger partial charge in [-0.1, -0.05) is 0 Å². The molecule has 1 aliphatic rings. The fourth-order valence-corrected chi connectivity index (χ4v) is 1.84. The second-order valence-electron chi connectivity index (χ2n) is 4.38. The van der Waals surface area contributed by atoms with Crippen molar-refractivity contribution in [2.24, 2.45) is 5.92 Å². The molecule has 0 aliphatic carbocycles. The fraction of sp³-hybridized carbons (Fsp3) is 0.455. The molecule has 96 valence electrons. The van der Waals surface area contributed by atoms with E-state index in [2.05, 4.69) is 10.2 Å². The van der Waals surface area contributed by atoms with Crippen LogP contribution >= 0.6 is 0 Å². The summed E-state index contributed by atoms with van der Waals surface area (Å²) in [6.45, 7) is 3.64. The molecule has 0 saturated carbocycles. The maximum absolute atomic E-state index is 12.1. The van der Waals surface area contributed by atoms with Crippen LogP contribution in [-0.4, -0.2) is 45.2 Å². The molecule has 7 heteroatoms. The number of amides is 1. The van der Waals surface area contributed by atoms with Gasteiger partial charge >= 0.3 is 5.97 Å². The van der Waals surface area contributed by atoms with E-state index in [9.17, 15) is 14.4 Å². The predicted octanol–water partition coefficient (Wildman–Crippen LogP) is -0.457. The standard InChI is InChI=1S/C11H13N3O4/c1-5-6(2)12-13-9(15)8(5)10(16)14-3-7(4-14)11(17)18/h7H,3-4H2,1-2H3,(H,13,15)(H,17,18). The molecule has 0 radical (unpaired) electrons. The van der Waals surface area contributed by atoms with Gasteiger partial charge in [-0.15, -0.1) is 0 Å². The molecule has 2 N–H and O–H groups in total. The maximum Gasteiger partial charge on any atom is 0.310 e. The van der Waals surface area contributed by atoms with E-state index in [1.54, 1.807) is 13.8 Å². The Morgan fingerprint density at radius 2 is 2.00 bits per heavy atom. The molecule has 7 nitrogen and oxygen atoms in total. The molecule has 1 amide bonds. The number of carboxylic acid groups (broad SMARTS) is 1. The molecule has 18 heavy (non-hydrogen) atoms. The molecular weight excluding hydrogens is 238 g/mol. The van der Waals surface area contributed by atoms with Crippen molar-refractivity contribution in [2.45, 2.75) is 13.8 Å². The van der Waals surface area contributed by atoms with E-state index in [-0.39, 0.29) is 18.7 Å². The lowest BCUT2D eigenvalue weighted by Crippen LogP contribution is -2.54. The zero-order chi connectivity index (χ0) is 13.4. The molecule has 1 aromatic rings. The van der Waals surface area contributed by atoms with Crippen LogP contribution in [0.25, 0.3) is 0 Å². The van der Waals surface area contributed by atoms with Crippen LogP contribution in [0.4, 0.5) is 0 Å². The number of nitrogens with zero attached hydrogens (tertiary/aromatic N) is 2. The Bertz CT molecular complexity index is 572. The van der Waals surface area contributed by atoms with Crippen molar-refractivity contribution in [3.63, 3.8) is 0 Å². The van der Waals surface area contributed by atoms with E-state index >= 15 is 0 Å². The molecule has 1 saturated heterocycles. The average Bonchev–Trinajstić information content (AvgIpc) is 2.21. The number of carboxylic acids is 1. The van der Waals surface area contributed by atoms with Crippen LogP contribution in [-0.2, 0) is 4.79 Å². The number of carbonyl (C=O) groups is 2. The van der Waals surface area contributed by atoms with Gasteiger partial charge in [-0.25, -0.2) is 5.10 Å². The number of aromatic amines is 1. The number of aromatic nitrogens is 2. The molecular formula is C11H13N3O4. The topological polar surface area (TPSA) is 103 Å². The van der Waals surface area contributed by atoms with Crippen LogP contribution in [0.2, 0.25) is 0 Å². The third-order valence-corrected chi connectivity index (χ3v) is 3.20. The van der Waals surface area contributed by atoms with E-state index in [1.165, 1.54) is 4.90 Å². The molecule has 1 aromatic heterocycles. The Hall–Kier alpha value is -2.18. The van der Waals surface area contributed by atoms with Crippen molar-refractivity contribution in [1.82, 2.24) is 15.1 Å². The average molecular weight is 251 g/mol. The summed E-state index contributed by atoms with van der Waals surface area (Å²) in [5.74, 6) is -1.89. The van der Waals surface area contributed by atoms with E-state index in [4.69, 9.17) is 5.11 Å². The zero-order valence-corrected chi connectivity index (χ0v) is 10.1. The van der Waals surface area contributed by atoms with Crippen LogP contribution in [0, 0.1) is 19.8 Å². The van der Waals surface area contributed by atoms with Crippen LogP contribution < -0.4 is 5.56 Å². The molecule has 0 atom stereocenters. The minimum absolute atomic E-state index is 0.0475. The van der Waals surface area contributed by atoms with Gasteiger partial charge in [0.15, 0.2) is 0 Å². The van der Waals surface area contributed by atoms with E-state index in [0.717, 1.165) is 0 Å². The number of carbonyl (C=O) groups excluding carboxylic acids is 1. The van der Waals surface area contributed by atoms with Gasteiger partial charge in [0.05, 0.1) is 11.6 Å². The number of aryl methyl sites for hydroxylation is 1. The van der Waals surface area contributed by atoms with Gasteiger partial charge in [-0.05, 0) is 19.4 Å². The zero-order valence-electron chi connectivity index (χ0n) is 10.1. The van der Waals surface area contributed by atoms with Gasteiger partial charge in [0.1, 0.15) is 5.56 Å². The number of aliphatic carboxylic acids is 1. The summed E-state index contributed by atoms with van der Waals surface area (Å²) >= 11 is 0. The Morgan fingerprint density at radius 3 is 2.56 bits per heavy atom. The molecule has 2 rings (SSSR count). The van der Waals surface area contributed by atoms with Crippen LogP contribution in [0.1, 0.15) is 21.6 Å². The molecule has 0 unspecified atom stereocenters. The fourth-order valence-electron chi connectivity index (χ4n) is 1.84. The lowest BCUT2D eigenvalue weighted by atomic mass is 9.98. The first-order chi connectivity index (χ1) is 8.41. The molecule has 0 spiro atoms. The third kappa shape index (κ3) is 1.87. The van der Waals surface area contributed by atoms with Crippen molar-refractivity contribution in [2.75, 3.05) is 13.1 Å². The molecule has 0 aromatic carbocycles. The number of hydrogen-bond donors (Lipinski definition) is 2. The Labute approximate surface area is 102 Å². The van der Waals surface area contributed by atoms with E-state index in [0.29, 0.717) is 11.3 Å². The van der Waals surface area contributed by atoms with Crippen LogP contribution in [0.15, 0.2) is 4.79 Å². The predicted molar refractivity (Wildman–Crippen MR) is 61.4 cm³/mol. The second-order valence-corrected chi connectivity index (χ2v) is 4.38. The summed E-state index contributed by atoms with van der Waals surface area (Å²) in [5.41, 5.74) is 0.615. The minimum Gasteiger partial charge on any atom is -0.481 e. The summed E-state index contributed by atoms with van der Waals surface area (Å²) in [6, 6.07) is 0. The van der Waals surface area contributed by atoms with Gasteiger partial charge in [-0.3, -0.25) is 14.4 Å². The van der Waals surface area contributed by atoms with Crippen molar-refractivity contribution < 1.29 is 14.7 Å². The SMILES string of the molecule is Cc1n[nH]c(=O)c(C(=O)N2CC(C(=O)O)C2)c1C. The first-order valence-electron chi connectivity index (χ1n) is 5.49. The third-order valence-electron chi connectivity index (χ3n) is 3.20. The molecule has 0 bridgehead atoms. The highest BCUT2D eigenvalue weighted by Gasteiger charge is 2.37. The first kappa shape index (κ1) is 12.3. The summed E-state index contributed by atoms with van der Waals surface area (Å²) in [7, 11) is 0. The van der Waals surface area contributed by atoms with Crippen molar-refractivity contribution >= 4 is 11.9 Å². The monoisotopic (exact) mass is 251 g/mol. The summed E-state index contributed by atoms with van der Waals surface area (Å²) in [6.07, 6.45) is 0. The van der Waals surface area contributed by atoms with Gasteiger partial charge in [0, 0.05) is 13.1 Å². The van der Waals surface area contributed by atoms with Gasteiger partial charge in [0.25, 0.3) is 11.5 Å². The van der Waals surface area contributed by atoms with Crippen molar-refractivity contribution in [3.8, 4) is 0 Å². The number of hydrogen-bond acceptors (Lipinski definition) is 4. The second kappa shape index (κ2) is 4.25. The molecule has 1 aliphatic heterocycles. The number of H-pyrrole nitrogens is 1. The lowest BCUT2D eigenvalue weighted by Gasteiger charge is -2.36. The largest absolute Gasteiger partial charge is 0.481 e. The van der Waals surface area contributed by atoms with Crippen molar-refractivity contribution in [1.29, 1.82) is 0 Å². The highest BCUT2D eigenvalue weighted by molar-refractivity contribution is 5.96. The van der Waals surface area contributed by atoms with E-state index < -0.39 is 23.4 Å². The molecule has 2 heterocycles. The van der Waals surface area contributed by atoms with Gasteiger partial charge in [0.2, 0.25) is 0 Å². The van der Waals surface area contributed by atoms with Crippen molar-refractivity contribution in [3.05, 3.63) is 27.2 Å². The Balaban J connectivity index is 2.24. The van der Waals surface area contributed by atoms with Crippen LogP contribution in [0.3, 0.4) is 0 Å². The maximum atomic E-state index is 12.1. The van der Waals surface area contributed by atoms with Gasteiger partial charge < -0.3 is 10.0 Å². The number of nitrogens with one attached hydrogen (secondary N) is 1. The highest BCUT2D eigenvalue weighted by Crippen LogP contribution is 2.19. The first-order valence-corrected chi connectivity index (χ1v) is 5.49. The lowest BCUT2D eigenvalue weighted by molar-refractivity contribution is -0.146. The Morgan fingerprint density at radius 1 is 1.39 bits per heavy atom. The quantitative estimate of drug-likeness (QED) is 0.740. The number of rotatable bonds is 2. The normalized spacial score (nSPS) is 15.3. The number of likely N-dealkylation sites (tertiary alicyclic amines) is 1. The smallest absolute Gasteiger partial charge is 0.310 e. The summed E-state index contributed by atoms with van der Waals surface area (Å²) in [5, 5.41) is 14.8. The van der Waals surface area contributed by atoms with Gasteiger partial charge in [-0.2, -0.15) is 5.10 Å². The highest BCUT2D eigenvalue weighted by atomic mass is 16.4. The summed E-state index contributed by atoms with van der Waals surface area (Å²) < 4.78 is 0. The summed E-state index contributed by atoms with van der Waals surface area (Å²) in [4.78, 5) is 35.7. The van der Waals surface area contributed by atoms with E-state index in [1.807, 2.05) is 0 Å². The molecule has 1 fully saturated rings. The van der Waals surface area contributed by atoms with Crippen LogP contribution in [0.5, 0.6) is 0 Å².